The summed E-state index contributed by atoms with van der Waals surface area (Å²) in [4.78, 5) is 11.9. The maximum absolute atomic E-state index is 11.9. The van der Waals surface area contributed by atoms with Crippen LogP contribution in [0, 0.1) is 0 Å². The van der Waals surface area contributed by atoms with Crippen LogP contribution in [0.5, 0.6) is 0 Å². The van der Waals surface area contributed by atoms with Gasteiger partial charge in [0.05, 0.1) is 12.2 Å². The van der Waals surface area contributed by atoms with Gasteiger partial charge in [0.15, 0.2) is 0 Å². The Bertz CT molecular complexity index is 579. The van der Waals surface area contributed by atoms with Crippen LogP contribution in [0.1, 0.15) is 28.8 Å². The minimum Gasteiger partial charge on any atom is -0.462 e. The summed E-state index contributed by atoms with van der Waals surface area (Å²) in [6, 6.07) is 15.4. The van der Waals surface area contributed by atoms with Gasteiger partial charge in [0, 0.05) is 10.2 Å². The van der Waals surface area contributed by atoms with Crippen LogP contribution in [0.2, 0.25) is 0 Å². The molecule has 0 aliphatic heterocycles. The molecule has 0 heterocycles. The fourth-order valence-electron chi connectivity index (χ4n) is 2.05. The van der Waals surface area contributed by atoms with Gasteiger partial charge in [0.2, 0.25) is 0 Å². The van der Waals surface area contributed by atoms with Crippen LogP contribution < -0.4 is 5.73 Å². The third-order valence-corrected chi connectivity index (χ3v) is 3.55. The van der Waals surface area contributed by atoms with E-state index in [9.17, 15) is 4.79 Å². The number of hydrogen-bond donors (Lipinski definition) is 1. The molecule has 0 aliphatic carbocycles. The molecule has 2 aromatic rings. The topological polar surface area (TPSA) is 52.3 Å². The zero-order valence-corrected chi connectivity index (χ0v) is 13.3. The van der Waals surface area contributed by atoms with Gasteiger partial charge in [-0.3, -0.25) is 0 Å². The molecule has 2 rings (SSSR count). The van der Waals surface area contributed by atoms with Crippen molar-refractivity contribution in [2.24, 2.45) is 0 Å². The molecule has 0 aliphatic rings. The van der Waals surface area contributed by atoms with Gasteiger partial charge in [0.25, 0.3) is 0 Å². The molecule has 0 spiro atoms. The number of hydrogen-bond acceptors (Lipinski definition) is 3. The minimum atomic E-state index is -0.331. The largest absolute Gasteiger partial charge is 0.462 e. The van der Waals surface area contributed by atoms with E-state index in [4.69, 9.17) is 10.5 Å². The highest BCUT2D eigenvalue weighted by atomic mass is 79.9. The summed E-state index contributed by atoms with van der Waals surface area (Å²) >= 11 is 3.31. The molecular weight excluding hydrogens is 330 g/mol. The number of nitrogens with two attached hydrogens (primary N) is 1. The molecule has 110 valence electrons. The van der Waals surface area contributed by atoms with Gasteiger partial charge in [-0.05, 0) is 43.0 Å². The van der Waals surface area contributed by atoms with Crippen LogP contribution in [0.3, 0.4) is 0 Å². The highest BCUT2D eigenvalue weighted by Crippen LogP contribution is 2.18. The molecule has 0 saturated heterocycles. The van der Waals surface area contributed by atoms with Crippen molar-refractivity contribution in [2.75, 3.05) is 12.3 Å². The lowest BCUT2D eigenvalue weighted by Crippen LogP contribution is -2.07. The Balaban J connectivity index is 1.72. The van der Waals surface area contributed by atoms with Crippen molar-refractivity contribution in [1.29, 1.82) is 0 Å². The van der Waals surface area contributed by atoms with Gasteiger partial charge in [-0.1, -0.05) is 46.3 Å². The second kappa shape index (κ2) is 7.84. The maximum Gasteiger partial charge on any atom is 0.338 e. The van der Waals surface area contributed by atoms with Crippen LogP contribution in [0.15, 0.2) is 53.0 Å². The number of ether oxygens (including phenoxy) is 1. The number of nitrogen functional groups attached to an aromatic ring is 1. The van der Waals surface area contributed by atoms with Crippen molar-refractivity contribution in [3.05, 3.63) is 64.1 Å². The number of aryl methyl sites for hydroxylation is 1. The van der Waals surface area contributed by atoms with Crippen molar-refractivity contribution >= 4 is 27.6 Å². The van der Waals surface area contributed by atoms with Gasteiger partial charge in [0.1, 0.15) is 0 Å². The lowest BCUT2D eigenvalue weighted by Gasteiger charge is -2.06. The Kier molecular flexibility index (Phi) is 5.81. The Morgan fingerprint density at radius 3 is 2.57 bits per heavy atom. The van der Waals surface area contributed by atoms with Gasteiger partial charge in [-0.2, -0.15) is 0 Å². The van der Waals surface area contributed by atoms with Crippen molar-refractivity contribution < 1.29 is 9.53 Å². The van der Waals surface area contributed by atoms with E-state index >= 15 is 0 Å². The third kappa shape index (κ3) is 5.23. The molecule has 0 unspecified atom stereocenters. The van der Waals surface area contributed by atoms with Gasteiger partial charge >= 0.3 is 5.97 Å². The predicted octanol–water partition coefficient (Wildman–Crippen LogP) is 4.21. The van der Waals surface area contributed by atoms with Crippen LogP contribution >= 0.6 is 15.9 Å². The van der Waals surface area contributed by atoms with E-state index in [2.05, 4.69) is 28.1 Å². The molecular formula is C17H18BrNO2. The minimum absolute atomic E-state index is 0.331. The van der Waals surface area contributed by atoms with Gasteiger partial charge < -0.3 is 10.5 Å². The molecule has 0 amide bonds. The first-order chi connectivity index (χ1) is 10.1. The Labute approximate surface area is 133 Å². The zero-order chi connectivity index (χ0) is 15.1. The Morgan fingerprint density at radius 1 is 1.10 bits per heavy atom. The van der Waals surface area contributed by atoms with Crippen LogP contribution in [0.4, 0.5) is 5.69 Å². The maximum atomic E-state index is 11.9. The molecule has 2 N–H and O–H groups in total. The van der Waals surface area contributed by atoms with E-state index in [0.29, 0.717) is 17.9 Å². The summed E-state index contributed by atoms with van der Waals surface area (Å²) in [5, 5.41) is 0. The Hall–Kier alpha value is -1.81. The van der Waals surface area contributed by atoms with E-state index < -0.39 is 0 Å². The number of unbranched alkanes of at least 4 members (excludes halogenated alkanes) is 1. The summed E-state index contributed by atoms with van der Waals surface area (Å²) in [6.07, 6.45) is 2.85. The fourth-order valence-corrected chi connectivity index (χ4v) is 2.57. The second-order valence-electron chi connectivity index (χ2n) is 4.85. The predicted molar refractivity (Wildman–Crippen MR) is 88.2 cm³/mol. The van der Waals surface area contributed by atoms with Crippen molar-refractivity contribution in [2.45, 2.75) is 19.3 Å². The van der Waals surface area contributed by atoms with E-state index in [1.165, 1.54) is 5.56 Å². The Morgan fingerprint density at radius 2 is 1.86 bits per heavy atom. The number of halogens is 1. The quantitative estimate of drug-likeness (QED) is 0.483. The van der Waals surface area contributed by atoms with E-state index in [-0.39, 0.29) is 5.97 Å². The van der Waals surface area contributed by atoms with E-state index in [0.717, 1.165) is 23.7 Å². The summed E-state index contributed by atoms with van der Waals surface area (Å²) in [7, 11) is 0. The lowest BCUT2D eigenvalue weighted by atomic mass is 10.1. The molecule has 0 radical (unpaired) electrons. The molecule has 0 bridgehead atoms. The molecule has 2 aromatic carbocycles. The monoisotopic (exact) mass is 347 g/mol. The number of anilines is 1. The first-order valence-electron chi connectivity index (χ1n) is 6.92. The zero-order valence-electron chi connectivity index (χ0n) is 11.7. The summed E-state index contributed by atoms with van der Waals surface area (Å²) in [5.74, 6) is -0.331. The van der Waals surface area contributed by atoms with Crippen molar-refractivity contribution in [3.8, 4) is 0 Å². The fraction of sp³-hybridized carbons (Fsp3) is 0.235. The van der Waals surface area contributed by atoms with Crippen molar-refractivity contribution in [1.82, 2.24) is 0 Å². The first-order valence-corrected chi connectivity index (χ1v) is 7.71. The van der Waals surface area contributed by atoms with E-state index in [1.54, 1.807) is 18.2 Å². The van der Waals surface area contributed by atoms with Crippen LogP contribution in [-0.2, 0) is 11.2 Å². The van der Waals surface area contributed by atoms with Crippen LogP contribution in [0.25, 0.3) is 0 Å². The number of benzene rings is 2. The summed E-state index contributed by atoms with van der Waals surface area (Å²) in [5.41, 5.74) is 8.03. The standard InChI is InChI=1S/C17H18BrNO2/c18-15-10-14(11-16(19)12-15)17(20)21-9-5-4-8-13-6-2-1-3-7-13/h1-3,6-7,10-12H,4-5,8-9,19H2. The third-order valence-electron chi connectivity index (χ3n) is 3.09. The number of rotatable bonds is 6. The molecule has 0 fully saturated rings. The lowest BCUT2D eigenvalue weighted by molar-refractivity contribution is 0.0498. The summed E-state index contributed by atoms with van der Waals surface area (Å²) < 4.78 is 6.04. The molecule has 0 atom stereocenters. The average Bonchev–Trinajstić information content (AvgIpc) is 2.47. The highest BCUT2D eigenvalue weighted by molar-refractivity contribution is 9.10. The molecule has 0 aromatic heterocycles. The highest BCUT2D eigenvalue weighted by Gasteiger charge is 2.08. The number of esters is 1. The van der Waals surface area contributed by atoms with Gasteiger partial charge in [-0.25, -0.2) is 4.79 Å². The van der Waals surface area contributed by atoms with Gasteiger partial charge in [-0.15, -0.1) is 0 Å². The second-order valence-corrected chi connectivity index (χ2v) is 5.77. The number of carbonyl (C=O) groups is 1. The summed E-state index contributed by atoms with van der Waals surface area (Å²) in [6.45, 7) is 0.429. The molecule has 21 heavy (non-hydrogen) atoms. The average molecular weight is 348 g/mol. The first kappa shape index (κ1) is 15.6. The SMILES string of the molecule is Nc1cc(Br)cc(C(=O)OCCCCc2ccccc2)c1. The molecule has 0 saturated carbocycles. The molecule has 4 heteroatoms. The van der Waals surface area contributed by atoms with Crippen LogP contribution in [-0.4, -0.2) is 12.6 Å². The number of carbonyl (C=O) groups excluding carboxylic acids is 1. The van der Waals surface area contributed by atoms with E-state index in [1.807, 2.05) is 18.2 Å². The molecule has 3 nitrogen and oxygen atoms in total. The van der Waals surface area contributed by atoms with Crippen molar-refractivity contribution in [3.63, 3.8) is 0 Å². The normalized spacial score (nSPS) is 10.3. The smallest absolute Gasteiger partial charge is 0.338 e.